The highest BCUT2D eigenvalue weighted by Gasteiger charge is 2.10. The summed E-state index contributed by atoms with van der Waals surface area (Å²) in [6.45, 7) is 0.726. The molecule has 1 heterocycles. The molecule has 158 valence electrons. The Hall–Kier alpha value is -3.15. The van der Waals surface area contributed by atoms with Crippen molar-refractivity contribution in [1.82, 2.24) is 15.1 Å². The zero-order valence-corrected chi connectivity index (χ0v) is 17.3. The molecule has 0 atom stereocenters. The molecule has 0 radical (unpaired) electrons. The van der Waals surface area contributed by atoms with Crippen molar-refractivity contribution in [2.45, 2.75) is 38.5 Å². The van der Waals surface area contributed by atoms with Crippen molar-refractivity contribution in [3.63, 3.8) is 0 Å². The largest absolute Gasteiger partial charge is 0.508 e. The van der Waals surface area contributed by atoms with Crippen molar-refractivity contribution in [1.29, 1.82) is 0 Å². The number of carbonyl (C=O) groups is 1. The molecule has 1 aromatic heterocycles. The van der Waals surface area contributed by atoms with Gasteiger partial charge in [-0.05, 0) is 67.6 Å². The van der Waals surface area contributed by atoms with Gasteiger partial charge in [0.2, 0.25) is 5.91 Å². The average Bonchev–Trinajstić information content (AvgIpc) is 3.22. The predicted molar refractivity (Wildman–Crippen MR) is 116 cm³/mol. The molecular formula is C24H28FN3O2. The van der Waals surface area contributed by atoms with Gasteiger partial charge in [-0.3, -0.25) is 9.89 Å². The molecule has 0 unspecified atom stereocenters. The van der Waals surface area contributed by atoms with Crippen molar-refractivity contribution >= 4 is 5.91 Å². The smallest absolute Gasteiger partial charge is 0.222 e. The minimum Gasteiger partial charge on any atom is -0.508 e. The number of nitrogens with one attached hydrogen (secondary N) is 1. The van der Waals surface area contributed by atoms with E-state index < -0.39 is 0 Å². The maximum atomic E-state index is 13.0. The number of aromatic hydroxyl groups is 1. The third kappa shape index (κ3) is 6.17. The summed E-state index contributed by atoms with van der Waals surface area (Å²) in [7, 11) is 1.83. The van der Waals surface area contributed by atoms with Gasteiger partial charge in [-0.2, -0.15) is 5.10 Å². The third-order valence-electron chi connectivity index (χ3n) is 5.24. The highest BCUT2D eigenvalue weighted by molar-refractivity contribution is 5.76. The molecule has 5 nitrogen and oxygen atoms in total. The number of halogens is 1. The summed E-state index contributed by atoms with van der Waals surface area (Å²) in [5.74, 6) is 0.0845. The number of nitrogens with zero attached hydrogens (tertiary/aromatic N) is 2. The molecule has 0 aliphatic rings. The molecule has 3 rings (SSSR count). The number of hydrogen-bond acceptors (Lipinski definition) is 3. The van der Waals surface area contributed by atoms with E-state index in [1.807, 2.05) is 25.2 Å². The molecule has 6 heteroatoms. The summed E-state index contributed by atoms with van der Waals surface area (Å²) < 4.78 is 13.0. The van der Waals surface area contributed by atoms with Crippen LogP contribution >= 0.6 is 0 Å². The molecule has 3 aromatic rings. The van der Waals surface area contributed by atoms with Crippen LogP contribution in [0.4, 0.5) is 4.39 Å². The van der Waals surface area contributed by atoms with Gasteiger partial charge >= 0.3 is 0 Å². The van der Waals surface area contributed by atoms with Gasteiger partial charge in [-0.15, -0.1) is 0 Å². The maximum absolute atomic E-state index is 13.0. The van der Waals surface area contributed by atoms with Crippen LogP contribution in [0.1, 0.15) is 36.9 Å². The first kappa shape index (κ1) is 21.6. The van der Waals surface area contributed by atoms with Gasteiger partial charge in [-0.1, -0.05) is 24.6 Å². The molecule has 0 bridgehead atoms. The van der Waals surface area contributed by atoms with Crippen LogP contribution in [0.25, 0.3) is 11.3 Å². The summed E-state index contributed by atoms with van der Waals surface area (Å²) in [5, 5.41) is 17.1. The van der Waals surface area contributed by atoms with Crippen molar-refractivity contribution in [3.05, 3.63) is 71.7 Å². The number of aromatic nitrogens is 2. The number of benzene rings is 2. The van der Waals surface area contributed by atoms with Crippen LogP contribution in [0.2, 0.25) is 0 Å². The van der Waals surface area contributed by atoms with Gasteiger partial charge in [0.25, 0.3) is 0 Å². The summed E-state index contributed by atoms with van der Waals surface area (Å²) in [6.07, 6.45) is 4.80. The minimum absolute atomic E-state index is 0.0933. The molecule has 0 aliphatic heterocycles. The SMILES string of the molecule is CN(CCCCCc1cc(-c2ccc(F)cc2)n[nH]1)C(=O)CCc1ccccc1O. The summed E-state index contributed by atoms with van der Waals surface area (Å²) in [6, 6.07) is 15.5. The Bertz CT molecular complexity index is 953. The van der Waals surface area contributed by atoms with Gasteiger partial charge in [0, 0.05) is 31.3 Å². The van der Waals surface area contributed by atoms with Crippen molar-refractivity contribution < 1.29 is 14.3 Å². The lowest BCUT2D eigenvalue weighted by Gasteiger charge is -2.17. The van der Waals surface area contributed by atoms with Crippen molar-refractivity contribution in [3.8, 4) is 17.0 Å². The quantitative estimate of drug-likeness (QED) is 0.476. The first-order chi connectivity index (χ1) is 14.5. The number of aromatic amines is 1. The van der Waals surface area contributed by atoms with Crippen LogP contribution < -0.4 is 0 Å². The van der Waals surface area contributed by atoms with Gasteiger partial charge in [-0.25, -0.2) is 4.39 Å². The summed E-state index contributed by atoms with van der Waals surface area (Å²) in [4.78, 5) is 14.0. The number of rotatable bonds is 10. The van der Waals surface area contributed by atoms with Crippen molar-refractivity contribution in [2.24, 2.45) is 0 Å². The van der Waals surface area contributed by atoms with Crippen LogP contribution in [0.3, 0.4) is 0 Å². The van der Waals surface area contributed by atoms with Crippen LogP contribution in [0, 0.1) is 5.82 Å². The minimum atomic E-state index is -0.254. The Labute approximate surface area is 176 Å². The van der Waals surface area contributed by atoms with E-state index in [0.29, 0.717) is 12.8 Å². The Kier molecular flexibility index (Phi) is 7.60. The van der Waals surface area contributed by atoms with Crippen LogP contribution in [0.15, 0.2) is 54.6 Å². The number of unbranched alkanes of at least 4 members (excludes halogenated alkanes) is 2. The molecular weight excluding hydrogens is 381 g/mol. The summed E-state index contributed by atoms with van der Waals surface area (Å²) in [5.41, 5.74) is 3.57. The molecule has 0 spiro atoms. The molecule has 1 amide bonds. The topological polar surface area (TPSA) is 69.2 Å². The van der Waals surface area contributed by atoms with E-state index in [0.717, 1.165) is 54.7 Å². The highest BCUT2D eigenvalue weighted by Crippen LogP contribution is 2.19. The molecule has 0 fully saturated rings. The lowest BCUT2D eigenvalue weighted by atomic mass is 10.1. The number of phenolic OH excluding ortho intramolecular Hbond substituents is 1. The Morgan fingerprint density at radius 1 is 1.07 bits per heavy atom. The van der Waals surface area contributed by atoms with E-state index in [2.05, 4.69) is 10.2 Å². The van der Waals surface area contributed by atoms with Gasteiger partial charge in [0.1, 0.15) is 11.6 Å². The Balaban J connectivity index is 1.33. The first-order valence-corrected chi connectivity index (χ1v) is 10.3. The predicted octanol–water partition coefficient (Wildman–Crippen LogP) is 4.73. The standard InChI is InChI=1S/C24H28FN3O2/c1-28(24(30)15-12-19-7-4-5-9-23(19)29)16-6-2-3-8-21-17-22(27-26-21)18-10-13-20(25)14-11-18/h4-5,7,9-11,13-14,17,29H,2-3,6,8,12,15-16H2,1H3,(H,26,27). The van der Waals surface area contributed by atoms with Gasteiger partial charge < -0.3 is 10.0 Å². The van der Waals surface area contributed by atoms with E-state index in [1.165, 1.54) is 12.1 Å². The van der Waals surface area contributed by atoms with Crippen LogP contribution in [0.5, 0.6) is 5.75 Å². The number of aryl methyl sites for hydroxylation is 2. The van der Waals surface area contributed by atoms with Crippen LogP contribution in [-0.2, 0) is 17.6 Å². The first-order valence-electron chi connectivity index (χ1n) is 10.3. The third-order valence-corrected chi connectivity index (χ3v) is 5.24. The summed E-state index contributed by atoms with van der Waals surface area (Å²) >= 11 is 0. The average molecular weight is 410 g/mol. The number of amides is 1. The fraction of sp³-hybridized carbons (Fsp3) is 0.333. The fourth-order valence-corrected chi connectivity index (χ4v) is 3.38. The van der Waals surface area contributed by atoms with Gasteiger partial charge in [0.15, 0.2) is 0 Å². The number of H-pyrrole nitrogens is 1. The number of para-hydroxylation sites is 1. The van der Waals surface area contributed by atoms with E-state index in [9.17, 15) is 14.3 Å². The Morgan fingerprint density at radius 3 is 2.60 bits per heavy atom. The fourth-order valence-electron chi connectivity index (χ4n) is 3.38. The molecule has 0 aliphatic carbocycles. The normalized spacial score (nSPS) is 10.9. The second-order valence-corrected chi connectivity index (χ2v) is 7.54. The lowest BCUT2D eigenvalue weighted by molar-refractivity contribution is -0.129. The molecule has 2 aromatic carbocycles. The second kappa shape index (κ2) is 10.6. The van der Waals surface area contributed by atoms with E-state index >= 15 is 0 Å². The van der Waals surface area contributed by atoms with Crippen molar-refractivity contribution in [2.75, 3.05) is 13.6 Å². The molecule has 0 saturated heterocycles. The number of carbonyl (C=O) groups excluding carboxylic acids is 1. The highest BCUT2D eigenvalue weighted by atomic mass is 19.1. The second-order valence-electron chi connectivity index (χ2n) is 7.54. The van der Waals surface area contributed by atoms with Crippen LogP contribution in [-0.4, -0.2) is 39.7 Å². The molecule has 2 N–H and O–H groups in total. The molecule has 30 heavy (non-hydrogen) atoms. The molecule has 0 saturated carbocycles. The Morgan fingerprint density at radius 2 is 1.83 bits per heavy atom. The van der Waals surface area contributed by atoms with E-state index in [4.69, 9.17) is 0 Å². The van der Waals surface area contributed by atoms with E-state index in [-0.39, 0.29) is 17.5 Å². The zero-order valence-electron chi connectivity index (χ0n) is 17.3. The monoisotopic (exact) mass is 409 g/mol. The number of hydrogen-bond donors (Lipinski definition) is 2. The maximum Gasteiger partial charge on any atom is 0.222 e. The van der Waals surface area contributed by atoms with Gasteiger partial charge in [0.05, 0.1) is 5.69 Å². The zero-order chi connectivity index (χ0) is 21.3. The van der Waals surface area contributed by atoms with E-state index in [1.54, 1.807) is 29.2 Å². The number of phenols is 1. The lowest BCUT2D eigenvalue weighted by Crippen LogP contribution is -2.27.